The summed E-state index contributed by atoms with van der Waals surface area (Å²) in [4.78, 5) is 15.4. The van der Waals surface area contributed by atoms with E-state index in [1.165, 1.54) is 17.4 Å². The molecule has 2 aromatic rings. The monoisotopic (exact) mass is 359 g/mol. The van der Waals surface area contributed by atoms with Crippen LogP contribution in [0.5, 0.6) is 0 Å². The van der Waals surface area contributed by atoms with Gasteiger partial charge in [0.15, 0.2) is 11.6 Å². The highest BCUT2D eigenvalue weighted by Gasteiger charge is 2.11. The molecule has 0 aliphatic heterocycles. The van der Waals surface area contributed by atoms with Crippen molar-refractivity contribution in [1.29, 1.82) is 0 Å². The van der Waals surface area contributed by atoms with E-state index in [0.717, 1.165) is 12.3 Å². The van der Waals surface area contributed by atoms with Crippen molar-refractivity contribution in [3.63, 3.8) is 0 Å². The van der Waals surface area contributed by atoms with Gasteiger partial charge >= 0.3 is 5.97 Å². The number of hydrogen-bond acceptors (Lipinski definition) is 6. The fourth-order valence-corrected chi connectivity index (χ4v) is 2.47. The molecule has 0 bridgehead atoms. The molecule has 1 N–H and O–H groups in total. The second-order valence-electron chi connectivity index (χ2n) is 4.25. The number of carbonyl (C=O) groups excluding carboxylic acids is 1. The van der Waals surface area contributed by atoms with Gasteiger partial charge in [-0.05, 0) is 19.1 Å². The molecular weight excluding hydrogens is 348 g/mol. The van der Waals surface area contributed by atoms with Gasteiger partial charge in [0, 0.05) is 5.38 Å². The molecule has 0 saturated carbocycles. The lowest BCUT2D eigenvalue weighted by atomic mass is 10.2. The standard InChI is InChI=1S/C14H12ClF2N3O2S/c1-2-22-12(21)5-8-7-23-14(19-8)20-18-6-9-10(15)3-4-11(16)13(9)17/h3-4,6-7H,2,5H2,1H3,(H,19,20). The molecule has 0 aliphatic carbocycles. The normalized spacial score (nSPS) is 11.0. The van der Waals surface area contributed by atoms with E-state index in [4.69, 9.17) is 16.3 Å². The first-order chi connectivity index (χ1) is 11.0. The SMILES string of the molecule is CCOC(=O)Cc1csc(NN=Cc2c(Cl)ccc(F)c2F)n1. The van der Waals surface area contributed by atoms with Gasteiger partial charge in [-0.2, -0.15) is 5.10 Å². The van der Waals surface area contributed by atoms with Crippen LogP contribution >= 0.6 is 22.9 Å². The number of nitrogens with one attached hydrogen (secondary N) is 1. The summed E-state index contributed by atoms with van der Waals surface area (Å²) in [5.41, 5.74) is 2.93. The summed E-state index contributed by atoms with van der Waals surface area (Å²) >= 11 is 7.00. The van der Waals surface area contributed by atoms with E-state index in [0.29, 0.717) is 17.4 Å². The predicted octanol–water partition coefficient (Wildman–Crippen LogP) is 3.63. The number of hydrazone groups is 1. The first kappa shape index (κ1) is 17.3. The zero-order valence-electron chi connectivity index (χ0n) is 12.0. The molecule has 1 aromatic heterocycles. The quantitative estimate of drug-likeness (QED) is 0.370. The Morgan fingerprint density at radius 2 is 2.30 bits per heavy atom. The van der Waals surface area contributed by atoms with Crippen molar-refractivity contribution >= 4 is 40.3 Å². The minimum Gasteiger partial charge on any atom is -0.466 e. The third-order valence-corrected chi connectivity index (χ3v) is 3.74. The number of esters is 1. The topological polar surface area (TPSA) is 63.6 Å². The smallest absolute Gasteiger partial charge is 0.311 e. The number of thiazole rings is 1. The fourth-order valence-electron chi connectivity index (χ4n) is 1.61. The molecule has 0 spiro atoms. The summed E-state index contributed by atoms with van der Waals surface area (Å²) in [5.74, 6) is -2.46. The summed E-state index contributed by atoms with van der Waals surface area (Å²) in [7, 11) is 0. The van der Waals surface area contributed by atoms with E-state index in [9.17, 15) is 13.6 Å². The average Bonchev–Trinajstić information content (AvgIpc) is 2.94. The molecular formula is C14H12ClF2N3O2S. The van der Waals surface area contributed by atoms with Gasteiger partial charge in [0.2, 0.25) is 5.13 Å². The van der Waals surface area contributed by atoms with Crippen molar-refractivity contribution in [2.75, 3.05) is 12.0 Å². The maximum atomic E-state index is 13.6. The van der Waals surface area contributed by atoms with Crippen LogP contribution in [-0.2, 0) is 16.0 Å². The lowest BCUT2D eigenvalue weighted by Crippen LogP contribution is -2.07. The Morgan fingerprint density at radius 1 is 1.52 bits per heavy atom. The molecule has 23 heavy (non-hydrogen) atoms. The van der Waals surface area contributed by atoms with Gasteiger partial charge in [0.1, 0.15) is 0 Å². The number of rotatable bonds is 6. The summed E-state index contributed by atoms with van der Waals surface area (Å²) in [5, 5.41) is 5.88. The van der Waals surface area contributed by atoms with E-state index >= 15 is 0 Å². The van der Waals surface area contributed by atoms with E-state index < -0.39 is 11.6 Å². The van der Waals surface area contributed by atoms with Crippen LogP contribution in [0, 0.1) is 11.6 Å². The van der Waals surface area contributed by atoms with Crippen LogP contribution in [0.2, 0.25) is 5.02 Å². The highest BCUT2D eigenvalue weighted by Crippen LogP contribution is 2.20. The van der Waals surface area contributed by atoms with Crippen molar-refractivity contribution in [2.24, 2.45) is 5.10 Å². The average molecular weight is 360 g/mol. The maximum absolute atomic E-state index is 13.6. The predicted molar refractivity (Wildman–Crippen MR) is 85.0 cm³/mol. The number of nitrogens with zero attached hydrogens (tertiary/aromatic N) is 2. The molecule has 5 nitrogen and oxygen atoms in total. The van der Waals surface area contributed by atoms with Crippen molar-refractivity contribution in [1.82, 2.24) is 4.98 Å². The van der Waals surface area contributed by atoms with Gasteiger partial charge in [-0.3, -0.25) is 10.2 Å². The molecule has 122 valence electrons. The summed E-state index contributed by atoms with van der Waals surface area (Å²) < 4.78 is 31.5. The second kappa shape index (κ2) is 7.98. The van der Waals surface area contributed by atoms with Gasteiger partial charge in [0.05, 0.1) is 35.5 Å². The van der Waals surface area contributed by atoms with Gasteiger partial charge < -0.3 is 4.74 Å². The molecule has 2 rings (SSSR count). The van der Waals surface area contributed by atoms with Crippen LogP contribution in [0.25, 0.3) is 0 Å². The largest absolute Gasteiger partial charge is 0.466 e. The number of hydrogen-bond donors (Lipinski definition) is 1. The summed E-state index contributed by atoms with van der Waals surface area (Å²) in [6, 6.07) is 2.17. The van der Waals surface area contributed by atoms with Gasteiger partial charge in [-0.25, -0.2) is 13.8 Å². The van der Waals surface area contributed by atoms with Crippen molar-refractivity contribution in [3.05, 3.63) is 45.4 Å². The minimum atomic E-state index is -1.08. The number of halogens is 3. The first-order valence-corrected chi connectivity index (χ1v) is 7.79. The van der Waals surface area contributed by atoms with Crippen LogP contribution in [0.1, 0.15) is 18.2 Å². The zero-order valence-corrected chi connectivity index (χ0v) is 13.5. The summed E-state index contributed by atoms with van der Waals surface area (Å²) in [6.07, 6.45) is 1.12. The minimum absolute atomic E-state index is 0.0385. The third kappa shape index (κ3) is 4.70. The number of ether oxygens (including phenoxy) is 1. The van der Waals surface area contributed by atoms with E-state index in [-0.39, 0.29) is 23.0 Å². The molecule has 0 radical (unpaired) electrons. The Balaban J connectivity index is 2.00. The van der Waals surface area contributed by atoms with Crippen molar-refractivity contribution < 1.29 is 18.3 Å². The Kier molecular flexibility index (Phi) is 6.00. The molecule has 0 fully saturated rings. The number of carbonyl (C=O) groups is 1. The van der Waals surface area contributed by atoms with Crippen molar-refractivity contribution in [3.8, 4) is 0 Å². The van der Waals surface area contributed by atoms with Gasteiger partial charge in [-0.1, -0.05) is 11.6 Å². The van der Waals surface area contributed by atoms with Crippen LogP contribution < -0.4 is 5.43 Å². The fraction of sp³-hybridized carbons (Fsp3) is 0.214. The van der Waals surface area contributed by atoms with Crippen LogP contribution in [0.4, 0.5) is 13.9 Å². The Hall–Kier alpha value is -2.06. The molecule has 1 heterocycles. The molecule has 9 heteroatoms. The lowest BCUT2D eigenvalue weighted by molar-refractivity contribution is -0.142. The first-order valence-electron chi connectivity index (χ1n) is 6.53. The molecule has 0 aliphatic rings. The molecule has 0 unspecified atom stereocenters. The van der Waals surface area contributed by atoms with Gasteiger partial charge in [0.25, 0.3) is 0 Å². The molecule has 0 amide bonds. The van der Waals surface area contributed by atoms with Crippen LogP contribution in [0.3, 0.4) is 0 Å². The Morgan fingerprint density at radius 3 is 3.04 bits per heavy atom. The van der Waals surface area contributed by atoms with E-state index in [2.05, 4.69) is 15.5 Å². The van der Waals surface area contributed by atoms with Crippen LogP contribution in [-0.4, -0.2) is 23.8 Å². The molecule has 1 aromatic carbocycles. The number of aromatic nitrogens is 1. The van der Waals surface area contributed by atoms with Crippen molar-refractivity contribution in [2.45, 2.75) is 13.3 Å². The zero-order chi connectivity index (χ0) is 16.8. The Bertz CT molecular complexity index is 737. The highest BCUT2D eigenvalue weighted by atomic mass is 35.5. The number of anilines is 1. The second-order valence-corrected chi connectivity index (χ2v) is 5.52. The maximum Gasteiger partial charge on any atom is 0.311 e. The number of benzene rings is 1. The molecule has 0 saturated heterocycles. The third-order valence-electron chi connectivity index (χ3n) is 2.62. The van der Waals surface area contributed by atoms with E-state index in [1.807, 2.05) is 0 Å². The highest BCUT2D eigenvalue weighted by molar-refractivity contribution is 7.13. The van der Waals surface area contributed by atoms with Crippen LogP contribution in [0.15, 0.2) is 22.6 Å². The van der Waals surface area contributed by atoms with E-state index in [1.54, 1.807) is 12.3 Å². The molecule has 0 atom stereocenters. The Labute approximate surface area is 139 Å². The lowest BCUT2D eigenvalue weighted by Gasteiger charge is -2.01. The van der Waals surface area contributed by atoms with Gasteiger partial charge in [-0.15, -0.1) is 11.3 Å². The summed E-state index contributed by atoms with van der Waals surface area (Å²) in [6.45, 7) is 2.02.